The van der Waals surface area contributed by atoms with Crippen LogP contribution in [0.1, 0.15) is 126 Å². The minimum absolute atomic E-state index is 0.0215. The fraction of sp³-hybridized carbons (Fsp3) is 0.238. The number of anilines is 2. The molecule has 8 rings (SSSR count). The maximum absolute atomic E-state index is 12.6. The molecule has 1 aliphatic rings. The molecule has 7 aromatic rings. The van der Waals surface area contributed by atoms with Crippen molar-refractivity contribution in [3.05, 3.63) is 225 Å². The number of amides is 4. The molecule has 0 heterocycles. The van der Waals surface area contributed by atoms with Crippen LogP contribution in [0.2, 0.25) is 5.02 Å². The summed E-state index contributed by atoms with van der Waals surface area (Å²) in [6.07, 6.45) is 1.58. The van der Waals surface area contributed by atoms with Gasteiger partial charge in [-0.15, -0.1) is 0 Å². The summed E-state index contributed by atoms with van der Waals surface area (Å²) < 4.78 is 5.53. The van der Waals surface area contributed by atoms with E-state index in [1.54, 1.807) is 63.2 Å². The maximum atomic E-state index is 12.6. The number of aryl methyl sites for hydroxylation is 2. The van der Waals surface area contributed by atoms with Gasteiger partial charge >= 0.3 is 12.1 Å². The molecular formula is C63H65ClN4O7. The summed E-state index contributed by atoms with van der Waals surface area (Å²) in [5.41, 5.74) is 9.44. The minimum Gasteiger partial charge on any atom is -0.438 e. The molecule has 0 radical (unpaired) electrons. The zero-order chi connectivity index (χ0) is 54.5. The van der Waals surface area contributed by atoms with E-state index in [0.29, 0.717) is 39.5 Å². The summed E-state index contributed by atoms with van der Waals surface area (Å²) in [6, 6.07) is 53.0. The monoisotopic (exact) mass is 1020 g/mol. The number of carbonyl (C=O) groups is 6. The Hall–Kier alpha value is -8.15. The molecule has 386 valence electrons. The van der Waals surface area contributed by atoms with E-state index < -0.39 is 17.2 Å². The number of hydrogen-bond acceptors (Lipinski definition) is 7. The predicted molar refractivity (Wildman–Crippen MR) is 300 cm³/mol. The Morgan fingerprint density at radius 2 is 1.11 bits per heavy atom. The summed E-state index contributed by atoms with van der Waals surface area (Å²) in [6.45, 7) is 16.0. The molecule has 0 unspecified atom stereocenters. The Kier molecular flexibility index (Phi) is 18.5. The second-order valence-corrected chi connectivity index (χ2v) is 20.3. The van der Waals surface area contributed by atoms with E-state index in [0.717, 1.165) is 51.8 Å². The lowest BCUT2D eigenvalue weighted by molar-refractivity contribution is -0.122. The molecule has 0 saturated heterocycles. The summed E-state index contributed by atoms with van der Waals surface area (Å²) >= 11 is 6.04. The molecule has 1 fully saturated rings. The molecule has 11 nitrogen and oxygen atoms in total. The minimum atomic E-state index is -0.847. The first-order valence-corrected chi connectivity index (χ1v) is 25.1. The summed E-state index contributed by atoms with van der Waals surface area (Å²) in [7, 11) is 0. The van der Waals surface area contributed by atoms with Gasteiger partial charge in [-0.25, -0.2) is 9.59 Å². The van der Waals surface area contributed by atoms with Crippen LogP contribution in [-0.4, -0.2) is 35.4 Å². The van der Waals surface area contributed by atoms with Gasteiger partial charge in [-0.1, -0.05) is 144 Å². The second kappa shape index (κ2) is 24.7. The topological polar surface area (TPSA) is 160 Å². The zero-order valence-electron chi connectivity index (χ0n) is 44.0. The Morgan fingerprint density at radius 1 is 0.560 bits per heavy atom. The normalized spacial score (nSPS) is 12.2. The van der Waals surface area contributed by atoms with Crippen LogP contribution in [0.4, 0.5) is 21.0 Å². The number of ketones is 3. The molecule has 0 spiro atoms. The molecule has 4 N–H and O–H groups in total. The van der Waals surface area contributed by atoms with Gasteiger partial charge in [-0.2, -0.15) is 0 Å². The third-order valence-corrected chi connectivity index (χ3v) is 13.1. The van der Waals surface area contributed by atoms with Crippen molar-refractivity contribution in [3.63, 3.8) is 0 Å². The van der Waals surface area contributed by atoms with Crippen LogP contribution in [0.3, 0.4) is 0 Å². The van der Waals surface area contributed by atoms with E-state index in [1.165, 1.54) is 19.4 Å². The summed E-state index contributed by atoms with van der Waals surface area (Å²) in [4.78, 5) is 71.7. The Morgan fingerprint density at radius 3 is 1.69 bits per heavy atom. The molecule has 0 atom stereocenters. The highest BCUT2D eigenvalue weighted by atomic mass is 35.5. The van der Waals surface area contributed by atoms with Crippen LogP contribution in [-0.2, 0) is 32.6 Å². The van der Waals surface area contributed by atoms with E-state index in [-0.39, 0.29) is 34.8 Å². The van der Waals surface area contributed by atoms with Gasteiger partial charge in [0.1, 0.15) is 5.60 Å². The van der Waals surface area contributed by atoms with Crippen molar-refractivity contribution in [2.45, 2.75) is 98.3 Å². The van der Waals surface area contributed by atoms with Crippen molar-refractivity contribution in [3.8, 4) is 11.1 Å². The van der Waals surface area contributed by atoms with Gasteiger partial charge in [0.2, 0.25) is 5.91 Å². The largest absolute Gasteiger partial charge is 0.438 e. The highest BCUT2D eigenvalue weighted by molar-refractivity contribution is 6.34. The molecule has 0 aliphatic heterocycles. The number of rotatable bonds is 14. The van der Waals surface area contributed by atoms with Crippen molar-refractivity contribution in [2.24, 2.45) is 0 Å². The second-order valence-electron chi connectivity index (χ2n) is 19.9. The number of urea groups is 1. The van der Waals surface area contributed by atoms with Gasteiger partial charge in [0.05, 0.1) is 22.5 Å². The Balaban J connectivity index is 0.000000185. The number of carbonyl (C=O) groups excluding carboxylic acids is 6. The number of nitrogens with one attached hydrogen (secondary N) is 4. The van der Waals surface area contributed by atoms with Gasteiger partial charge < -0.3 is 20.7 Å². The molecular weight excluding hydrogens is 960 g/mol. The van der Waals surface area contributed by atoms with Crippen LogP contribution in [0.5, 0.6) is 0 Å². The Bertz CT molecular complexity index is 3050. The molecule has 7 aromatic carbocycles. The first-order valence-electron chi connectivity index (χ1n) is 24.7. The molecule has 1 aliphatic carbocycles. The first kappa shape index (κ1) is 56.2. The molecule has 0 aromatic heterocycles. The van der Waals surface area contributed by atoms with Crippen LogP contribution >= 0.6 is 11.6 Å². The number of ether oxygens (including phenoxy) is 1. The van der Waals surface area contributed by atoms with Crippen molar-refractivity contribution in [1.29, 1.82) is 0 Å². The summed E-state index contributed by atoms with van der Waals surface area (Å²) in [5.74, 6) is -0.178. The van der Waals surface area contributed by atoms with E-state index >= 15 is 0 Å². The van der Waals surface area contributed by atoms with Gasteiger partial charge in [0.15, 0.2) is 17.3 Å². The van der Waals surface area contributed by atoms with Crippen LogP contribution in [0.25, 0.3) is 11.1 Å². The average Bonchev–Trinajstić information content (AvgIpc) is 4.16. The van der Waals surface area contributed by atoms with Crippen molar-refractivity contribution in [1.82, 2.24) is 10.6 Å². The van der Waals surface area contributed by atoms with Crippen molar-refractivity contribution in [2.75, 3.05) is 10.6 Å². The van der Waals surface area contributed by atoms with Gasteiger partial charge in [0.25, 0.3) is 0 Å². The lowest BCUT2D eigenvalue weighted by Gasteiger charge is -2.27. The lowest BCUT2D eigenvalue weighted by atomic mass is 9.92. The van der Waals surface area contributed by atoms with Crippen molar-refractivity contribution < 1.29 is 33.5 Å². The third-order valence-electron chi connectivity index (χ3n) is 12.8. The third kappa shape index (κ3) is 16.2. The van der Waals surface area contributed by atoms with E-state index in [4.69, 9.17) is 16.3 Å². The fourth-order valence-corrected chi connectivity index (χ4v) is 8.41. The highest BCUT2D eigenvalue weighted by Crippen LogP contribution is 2.46. The highest BCUT2D eigenvalue weighted by Gasteiger charge is 2.46. The van der Waals surface area contributed by atoms with Gasteiger partial charge in [-0.05, 0) is 157 Å². The average molecular weight is 1030 g/mol. The van der Waals surface area contributed by atoms with E-state index in [9.17, 15) is 28.8 Å². The van der Waals surface area contributed by atoms with E-state index in [2.05, 4.69) is 51.6 Å². The lowest BCUT2D eigenvalue weighted by Crippen LogP contribution is -2.41. The first-order chi connectivity index (χ1) is 35.5. The van der Waals surface area contributed by atoms with Gasteiger partial charge in [-0.3, -0.25) is 24.5 Å². The molecule has 12 heteroatoms. The number of halogens is 1. The predicted octanol–water partition coefficient (Wildman–Crippen LogP) is 14.5. The van der Waals surface area contributed by atoms with Crippen molar-refractivity contribution >= 4 is 58.4 Å². The number of Topliss-reactive ketones (excluding diaryl/α,β-unsaturated/α-hetero) is 3. The van der Waals surface area contributed by atoms with Crippen LogP contribution < -0.4 is 21.3 Å². The number of hydrogen-bond donors (Lipinski definition) is 4. The zero-order valence-corrected chi connectivity index (χ0v) is 44.8. The van der Waals surface area contributed by atoms with Gasteiger partial charge in [0, 0.05) is 28.1 Å². The van der Waals surface area contributed by atoms with Crippen LogP contribution in [0, 0.1) is 13.8 Å². The summed E-state index contributed by atoms with van der Waals surface area (Å²) in [5, 5.41) is 12.1. The smallest absolute Gasteiger partial charge is 0.412 e. The SMILES string of the molecule is CC(=O)c1cc(NC(=O)NC2(c3cccc(-c4ccccc4)c3)CC2)ccc1Cl.CC(=O)c1cccc(C(C)(C)NC(=O)Cc2ccc(C)cc2)c1.CC(=O)c1cccc(C(C)(C)OC(=O)Nc2ccc(C)cc2)c1. The van der Waals surface area contributed by atoms with Crippen LogP contribution in [0.15, 0.2) is 170 Å². The quantitative estimate of drug-likeness (QED) is 0.0789. The van der Waals surface area contributed by atoms with E-state index in [1.807, 2.05) is 125 Å². The molecule has 0 bridgehead atoms. The number of benzene rings is 7. The molecule has 1 saturated carbocycles. The Labute approximate surface area is 445 Å². The molecule has 75 heavy (non-hydrogen) atoms. The fourth-order valence-electron chi connectivity index (χ4n) is 8.16. The molecule has 4 amide bonds. The standard InChI is InChI=1S/C24H21ClN2O2.C20H23NO2.C19H21NO3/c1-16(28)21-15-20(10-11-22(21)25)26-23(29)27-24(12-13-24)19-9-5-8-18(14-19)17-6-3-2-4-7-17;1-14-8-10-16(11-9-14)12-19(23)21-20(3,4)18-7-5-6-17(13-18)15(2)22;1-13-8-10-17(11-9-13)20-18(22)23-19(3,4)16-7-5-6-15(12-16)14(2)21/h2-11,14-15H,12-13H2,1H3,(H2,26,27,29);5-11,13H,12H2,1-4H3,(H,21,23);5-12H,1-4H3,(H,20,22). The maximum Gasteiger partial charge on any atom is 0.412 e.